The summed E-state index contributed by atoms with van der Waals surface area (Å²) in [4.78, 5) is 71.0. The van der Waals surface area contributed by atoms with Crippen LogP contribution in [-0.4, -0.2) is 86.3 Å². The van der Waals surface area contributed by atoms with E-state index < -0.39 is 85.2 Å². The minimum atomic E-state index is -1.66. The predicted molar refractivity (Wildman–Crippen MR) is 122 cm³/mol. The van der Waals surface area contributed by atoms with Gasteiger partial charge in [-0.25, -0.2) is 4.79 Å². The van der Waals surface area contributed by atoms with Crippen molar-refractivity contribution in [3.8, 4) is 0 Å². The van der Waals surface area contributed by atoms with Gasteiger partial charge in [0.25, 0.3) is 0 Å². The van der Waals surface area contributed by atoms with Gasteiger partial charge < -0.3 is 42.1 Å². The molecule has 1 rings (SSSR count). The molecule has 0 heterocycles. The normalized spacial score (nSPS) is 14.9. The molecule has 0 aliphatic heterocycles. The van der Waals surface area contributed by atoms with E-state index in [2.05, 4.69) is 16.0 Å². The van der Waals surface area contributed by atoms with Crippen molar-refractivity contribution in [3.63, 3.8) is 0 Å². The van der Waals surface area contributed by atoms with Gasteiger partial charge in [0.2, 0.25) is 17.7 Å². The summed E-state index contributed by atoms with van der Waals surface area (Å²) >= 11 is 0. The Balaban J connectivity index is 3.06. The monoisotopic (exact) mass is 510 g/mol. The fourth-order valence-electron chi connectivity index (χ4n) is 3.06. The number of hydrogen-bond donors (Lipinski definition) is 8. The van der Waals surface area contributed by atoms with E-state index in [4.69, 9.17) is 15.9 Å². The molecule has 0 saturated carbocycles. The zero-order valence-electron chi connectivity index (χ0n) is 19.4. The van der Waals surface area contributed by atoms with Crippen molar-refractivity contribution < 1.29 is 49.2 Å². The summed E-state index contributed by atoms with van der Waals surface area (Å²) in [5.41, 5.74) is 6.16. The van der Waals surface area contributed by atoms with Crippen molar-refractivity contribution in [2.75, 3.05) is 0 Å². The molecular formula is C22H30N4O10. The van der Waals surface area contributed by atoms with Crippen molar-refractivity contribution in [1.29, 1.82) is 0 Å². The van der Waals surface area contributed by atoms with Crippen LogP contribution in [0.25, 0.3) is 0 Å². The molecule has 0 radical (unpaired) electrons. The highest BCUT2D eigenvalue weighted by atomic mass is 16.4. The van der Waals surface area contributed by atoms with E-state index in [-0.39, 0.29) is 6.42 Å². The van der Waals surface area contributed by atoms with E-state index in [0.29, 0.717) is 5.56 Å². The lowest BCUT2D eigenvalue weighted by molar-refractivity contribution is -0.144. The Kier molecular flexibility index (Phi) is 12.0. The standard InChI is InChI=1S/C22H30N4O10/c1-11(27)18(21(34)24-14(22(35)36)7-8-16(28)29)26-20(33)15(9-12-5-3-2-4-6-12)25-19(32)13(23)10-17(30)31/h2-6,11,13-15,18,27H,7-10,23H2,1H3,(H,24,34)(H,25,32)(H,26,33)(H,28,29)(H,30,31)(H,35,36). The smallest absolute Gasteiger partial charge is 0.326 e. The maximum absolute atomic E-state index is 13.0. The van der Waals surface area contributed by atoms with Crippen LogP contribution in [0.5, 0.6) is 0 Å². The fraction of sp³-hybridized carbons (Fsp3) is 0.455. The molecule has 9 N–H and O–H groups in total. The van der Waals surface area contributed by atoms with Crippen LogP contribution in [0.3, 0.4) is 0 Å². The summed E-state index contributed by atoms with van der Waals surface area (Å²) in [6, 6.07) is 2.33. The van der Waals surface area contributed by atoms with E-state index >= 15 is 0 Å². The molecule has 0 fully saturated rings. The summed E-state index contributed by atoms with van der Waals surface area (Å²) in [6.45, 7) is 1.16. The number of carbonyl (C=O) groups excluding carboxylic acids is 3. The molecule has 14 nitrogen and oxygen atoms in total. The van der Waals surface area contributed by atoms with Crippen LogP contribution in [0.2, 0.25) is 0 Å². The highest BCUT2D eigenvalue weighted by molar-refractivity contribution is 5.95. The summed E-state index contributed by atoms with van der Waals surface area (Å²) in [6.07, 6.45) is -3.28. The molecule has 5 atom stereocenters. The second-order valence-corrected chi connectivity index (χ2v) is 8.01. The lowest BCUT2D eigenvalue weighted by Crippen LogP contribution is -2.60. The Morgan fingerprint density at radius 3 is 1.92 bits per heavy atom. The minimum Gasteiger partial charge on any atom is -0.481 e. The Hall–Kier alpha value is -4.04. The number of hydrogen-bond acceptors (Lipinski definition) is 8. The summed E-state index contributed by atoms with van der Waals surface area (Å²) in [7, 11) is 0. The SMILES string of the molecule is CC(O)C(NC(=O)C(Cc1ccccc1)NC(=O)C(N)CC(=O)O)C(=O)NC(CCC(=O)O)C(=O)O. The minimum absolute atomic E-state index is 0.0806. The Morgan fingerprint density at radius 1 is 0.833 bits per heavy atom. The van der Waals surface area contributed by atoms with Crippen molar-refractivity contribution >= 4 is 35.6 Å². The Bertz CT molecular complexity index is 953. The molecule has 3 amide bonds. The number of aliphatic carboxylic acids is 3. The molecule has 5 unspecified atom stereocenters. The van der Waals surface area contributed by atoms with E-state index in [1.807, 2.05) is 0 Å². The van der Waals surface area contributed by atoms with E-state index in [9.17, 15) is 39.0 Å². The topological polar surface area (TPSA) is 245 Å². The van der Waals surface area contributed by atoms with Gasteiger partial charge in [0.05, 0.1) is 18.6 Å². The van der Waals surface area contributed by atoms with Gasteiger partial charge in [-0.1, -0.05) is 30.3 Å². The molecule has 36 heavy (non-hydrogen) atoms. The first kappa shape index (κ1) is 30.0. The zero-order chi connectivity index (χ0) is 27.4. The number of carboxylic acids is 3. The third-order valence-electron chi connectivity index (χ3n) is 4.97. The average molecular weight is 511 g/mol. The van der Waals surface area contributed by atoms with Crippen LogP contribution in [0.15, 0.2) is 30.3 Å². The highest BCUT2D eigenvalue weighted by Gasteiger charge is 2.33. The van der Waals surface area contributed by atoms with Crippen LogP contribution >= 0.6 is 0 Å². The van der Waals surface area contributed by atoms with E-state index in [1.165, 1.54) is 0 Å². The quantitative estimate of drug-likeness (QED) is 0.126. The molecule has 14 heteroatoms. The number of amides is 3. The fourth-order valence-corrected chi connectivity index (χ4v) is 3.06. The van der Waals surface area contributed by atoms with Crippen LogP contribution in [0.1, 0.15) is 31.7 Å². The Morgan fingerprint density at radius 2 is 1.42 bits per heavy atom. The highest BCUT2D eigenvalue weighted by Crippen LogP contribution is 2.07. The van der Waals surface area contributed by atoms with Gasteiger partial charge in [0, 0.05) is 12.8 Å². The summed E-state index contributed by atoms with van der Waals surface area (Å²) in [5, 5.41) is 43.6. The summed E-state index contributed by atoms with van der Waals surface area (Å²) < 4.78 is 0. The molecule has 0 saturated heterocycles. The van der Waals surface area contributed by atoms with Gasteiger partial charge in [-0.3, -0.25) is 24.0 Å². The van der Waals surface area contributed by atoms with Crippen LogP contribution in [0, 0.1) is 0 Å². The first-order valence-corrected chi connectivity index (χ1v) is 10.9. The maximum atomic E-state index is 13.0. The van der Waals surface area contributed by atoms with Crippen molar-refractivity contribution in [2.24, 2.45) is 5.73 Å². The number of rotatable bonds is 15. The average Bonchev–Trinajstić information content (AvgIpc) is 2.78. The van der Waals surface area contributed by atoms with Gasteiger partial charge in [-0.05, 0) is 18.9 Å². The van der Waals surface area contributed by atoms with Crippen LogP contribution in [-0.2, 0) is 35.2 Å². The first-order valence-electron chi connectivity index (χ1n) is 10.9. The lowest BCUT2D eigenvalue weighted by Gasteiger charge is -2.26. The molecule has 0 spiro atoms. The van der Waals surface area contributed by atoms with Gasteiger partial charge in [-0.2, -0.15) is 0 Å². The number of nitrogens with one attached hydrogen (secondary N) is 3. The Labute approximate surface area is 205 Å². The largest absolute Gasteiger partial charge is 0.481 e. The molecule has 0 aliphatic carbocycles. The van der Waals surface area contributed by atoms with Crippen LogP contribution in [0.4, 0.5) is 0 Å². The molecule has 1 aromatic rings. The lowest BCUT2D eigenvalue weighted by atomic mass is 10.0. The second kappa shape index (κ2) is 14.4. The van der Waals surface area contributed by atoms with Gasteiger partial charge in [0.15, 0.2) is 0 Å². The van der Waals surface area contributed by atoms with E-state index in [0.717, 1.165) is 6.92 Å². The molecule has 198 valence electrons. The van der Waals surface area contributed by atoms with Gasteiger partial charge in [-0.15, -0.1) is 0 Å². The van der Waals surface area contributed by atoms with Crippen LogP contribution < -0.4 is 21.7 Å². The first-order chi connectivity index (χ1) is 16.8. The number of carboxylic acid groups (broad SMARTS) is 3. The van der Waals surface area contributed by atoms with Gasteiger partial charge >= 0.3 is 17.9 Å². The molecule has 1 aromatic carbocycles. The number of nitrogens with two attached hydrogens (primary N) is 1. The zero-order valence-corrected chi connectivity index (χ0v) is 19.4. The number of aliphatic hydroxyl groups excluding tert-OH is 1. The molecule has 0 bridgehead atoms. The van der Waals surface area contributed by atoms with Crippen molar-refractivity contribution in [1.82, 2.24) is 16.0 Å². The summed E-state index contributed by atoms with van der Waals surface area (Å²) in [5.74, 6) is -7.09. The number of benzene rings is 1. The second-order valence-electron chi connectivity index (χ2n) is 8.01. The molecule has 0 aromatic heterocycles. The van der Waals surface area contributed by atoms with Gasteiger partial charge in [0.1, 0.15) is 18.1 Å². The van der Waals surface area contributed by atoms with Crippen molar-refractivity contribution in [3.05, 3.63) is 35.9 Å². The van der Waals surface area contributed by atoms with Crippen molar-refractivity contribution in [2.45, 2.75) is 62.9 Å². The van der Waals surface area contributed by atoms with E-state index in [1.54, 1.807) is 30.3 Å². The maximum Gasteiger partial charge on any atom is 0.326 e. The molecule has 0 aliphatic rings. The third-order valence-corrected chi connectivity index (χ3v) is 4.97. The number of aliphatic hydroxyl groups is 1. The third kappa shape index (κ3) is 10.5. The predicted octanol–water partition coefficient (Wildman–Crippen LogP) is -2.18. The number of carbonyl (C=O) groups is 6. The molecular weight excluding hydrogens is 480 g/mol.